The number of unbranched alkanes of at least 4 members (excludes halogenated alkanes) is 32. The molecule has 0 aliphatic heterocycles. The van der Waals surface area contributed by atoms with Crippen molar-refractivity contribution in [2.24, 2.45) is 0 Å². The number of hydrogen-bond donors (Lipinski definition) is 0. The predicted octanol–water partition coefficient (Wildman–Crippen LogP) is 16.6. The zero-order chi connectivity index (χ0) is 49.2. The van der Waals surface area contributed by atoms with Crippen molar-refractivity contribution >= 4 is 19.8 Å². The van der Waals surface area contributed by atoms with Crippen LogP contribution in [-0.2, 0) is 32.7 Å². The van der Waals surface area contributed by atoms with Crippen molar-refractivity contribution in [2.45, 2.75) is 270 Å². The molecule has 0 heterocycles. The Balaban J connectivity index is 4.13. The van der Waals surface area contributed by atoms with Crippen LogP contribution in [0.2, 0.25) is 0 Å². The number of rotatable bonds is 52. The van der Waals surface area contributed by atoms with Gasteiger partial charge in [0, 0.05) is 12.8 Å². The van der Waals surface area contributed by atoms with Crippen LogP contribution in [0.15, 0.2) is 36.5 Å². The molecular formula is C57H108NO8P. The molecule has 394 valence electrons. The van der Waals surface area contributed by atoms with Gasteiger partial charge in [-0.05, 0) is 70.6 Å². The largest absolute Gasteiger partial charge is 0.756 e. The summed E-state index contributed by atoms with van der Waals surface area (Å²) in [6.07, 6.45) is 59.0. The molecule has 0 saturated heterocycles. The topological polar surface area (TPSA) is 111 Å². The van der Waals surface area contributed by atoms with Gasteiger partial charge >= 0.3 is 11.9 Å². The van der Waals surface area contributed by atoms with Crippen molar-refractivity contribution in [1.29, 1.82) is 0 Å². The zero-order valence-electron chi connectivity index (χ0n) is 44.6. The maximum absolute atomic E-state index is 12.8. The Labute approximate surface area is 414 Å². The number of ether oxygens (including phenoxy) is 2. The Bertz CT molecular complexity index is 1230. The smallest absolute Gasteiger partial charge is 0.306 e. The first-order chi connectivity index (χ1) is 32.5. The molecule has 0 fully saturated rings. The van der Waals surface area contributed by atoms with Crippen LogP contribution in [0.5, 0.6) is 0 Å². The van der Waals surface area contributed by atoms with Gasteiger partial charge in [0.2, 0.25) is 0 Å². The van der Waals surface area contributed by atoms with Crippen LogP contribution in [0.25, 0.3) is 0 Å². The highest BCUT2D eigenvalue weighted by atomic mass is 31.2. The Kier molecular flexibility index (Phi) is 47.9. The molecule has 0 rings (SSSR count). The molecule has 67 heavy (non-hydrogen) atoms. The van der Waals surface area contributed by atoms with Crippen LogP contribution in [0, 0.1) is 0 Å². The lowest BCUT2D eigenvalue weighted by Gasteiger charge is -2.28. The van der Waals surface area contributed by atoms with Gasteiger partial charge in [-0.1, -0.05) is 217 Å². The first kappa shape index (κ1) is 65.2. The SMILES string of the molecule is CCCCCCC/C=C\C/C=C\CCCCCCCCCCCCCCCCCC(=O)OC(COC(=O)CCCCCCC/C=C\CCCCCCCCC)COP(=O)([O-])OCC[N+](C)(C)C. The summed E-state index contributed by atoms with van der Waals surface area (Å²) in [4.78, 5) is 37.8. The first-order valence-corrected chi connectivity index (χ1v) is 29.7. The third-order valence-corrected chi connectivity index (χ3v) is 13.3. The minimum atomic E-state index is -4.63. The quantitative estimate of drug-likeness (QED) is 0.0195. The molecule has 0 bridgehead atoms. The number of nitrogens with zero attached hydrogens (tertiary/aromatic N) is 1. The highest BCUT2D eigenvalue weighted by molar-refractivity contribution is 7.45. The molecule has 0 N–H and O–H groups in total. The molecule has 0 aliphatic carbocycles. The van der Waals surface area contributed by atoms with Crippen LogP contribution in [0.1, 0.15) is 264 Å². The van der Waals surface area contributed by atoms with E-state index in [0.29, 0.717) is 17.4 Å². The fourth-order valence-electron chi connectivity index (χ4n) is 7.98. The Morgan fingerprint density at radius 1 is 0.463 bits per heavy atom. The first-order valence-electron chi connectivity index (χ1n) is 28.2. The molecule has 0 aromatic heterocycles. The van der Waals surface area contributed by atoms with E-state index in [4.69, 9.17) is 18.5 Å². The van der Waals surface area contributed by atoms with E-state index in [-0.39, 0.29) is 32.0 Å². The monoisotopic (exact) mass is 966 g/mol. The van der Waals surface area contributed by atoms with Gasteiger partial charge in [-0.2, -0.15) is 0 Å². The predicted molar refractivity (Wildman–Crippen MR) is 282 cm³/mol. The van der Waals surface area contributed by atoms with Crippen LogP contribution in [0.4, 0.5) is 0 Å². The molecule has 0 amide bonds. The van der Waals surface area contributed by atoms with Gasteiger partial charge in [-0.3, -0.25) is 14.2 Å². The van der Waals surface area contributed by atoms with Gasteiger partial charge in [0.1, 0.15) is 19.8 Å². The zero-order valence-corrected chi connectivity index (χ0v) is 45.5. The van der Waals surface area contributed by atoms with Gasteiger partial charge in [-0.15, -0.1) is 0 Å². The molecule has 2 unspecified atom stereocenters. The average molecular weight is 966 g/mol. The second kappa shape index (κ2) is 49.2. The standard InChI is InChI=1S/C57H108NO8P/c1-6-8-10-12-14-16-18-20-22-24-25-26-27-28-29-30-31-32-33-34-36-38-40-42-44-46-48-50-57(60)66-55(54-65-67(61,62)64-52-51-58(3,4)5)53-63-56(59)49-47-45-43-41-39-37-35-23-21-19-17-15-13-11-9-7-2/h18,20,23-25,35,55H,6-17,19,21-22,26-34,36-54H2,1-5H3/b20-18-,25-24-,35-23-. The van der Waals surface area contributed by atoms with Crippen LogP contribution in [-0.4, -0.2) is 70.0 Å². The van der Waals surface area contributed by atoms with Crippen LogP contribution < -0.4 is 4.89 Å². The Morgan fingerprint density at radius 3 is 1.19 bits per heavy atom. The highest BCUT2D eigenvalue weighted by Gasteiger charge is 2.21. The van der Waals surface area contributed by atoms with Crippen molar-refractivity contribution in [3.63, 3.8) is 0 Å². The van der Waals surface area contributed by atoms with E-state index in [2.05, 4.69) is 50.3 Å². The van der Waals surface area contributed by atoms with Gasteiger partial charge in [0.15, 0.2) is 6.10 Å². The summed E-state index contributed by atoms with van der Waals surface area (Å²) in [5.74, 6) is -0.834. The summed E-state index contributed by atoms with van der Waals surface area (Å²) in [6, 6.07) is 0. The van der Waals surface area contributed by atoms with E-state index in [1.165, 1.54) is 167 Å². The highest BCUT2D eigenvalue weighted by Crippen LogP contribution is 2.38. The summed E-state index contributed by atoms with van der Waals surface area (Å²) >= 11 is 0. The van der Waals surface area contributed by atoms with E-state index >= 15 is 0 Å². The summed E-state index contributed by atoms with van der Waals surface area (Å²) < 4.78 is 34.1. The van der Waals surface area contributed by atoms with Crippen LogP contribution in [0.3, 0.4) is 0 Å². The van der Waals surface area contributed by atoms with E-state index in [0.717, 1.165) is 64.2 Å². The molecule has 2 atom stereocenters. The van der Waals surface area contributed by atoms with Gasteiger partial charge in [0.05, 0.1) is 27.7 Å². The van der Waals surface area contributed by atoms with Crippen molar-refractivity contribution in [1.82, 2.24) is 0 Å². The van der Waals surface area contributed by atoms with Crippen molar-refractivity contribution in [3.8, 4) is 0 Å². The Morgan fingerprint density at radius 2 is 0.806 bits per heavy atom. The van der Waals surface area contributed by atoms with E-state index in [1.54, 1.807) is 0 Å². The molecule has 0 saturated carbocycles. The number of esters is 2. The lowest BCUT2D eigenvalue weighted by molar-refractivity contribution is -0.870. The summed E-state index contributed by atoms with van der Waals surface area (Å²) in [6.45, 7) is 4.24. The van der Waals surface area contributed by atoms with E-state index < -0.39 is 26.5 Å². The molecule has 0 aromatic carbocycles. The number of quaternary nitrogens is 1. The molecule has 0 radical (unpaired) electrons. The average Bonchev–Trinajstić information content (AvgIpc) is 3.29. The molecule has 0 spiro atoms. The minimum Gasteiger partial charge on any atom is -0.756 e. The number of phosphoric ester groups is 1. The second-order valence-electron chi connectivity index (χ2n) is 20.3. The molecule has 0 aromatic rings. The maximum atomic E-state index is 12.8. The number of hydrogen-bond acceptors (Lipinski definition) is 8. The number of phosphoric acid groups is 1. The van der Waals surface area contributed by atoms with Crippen molar-refractivity contribution in [3.05, 3.63) is 36.5 Å². The molecule has 9 nitrogen and oxygen atoms in total. The second-order valence-corrected chi connectivity index (χ2v) is 21.7. The Hall–Kier alpha value is -1.77. The van der Waals surface area contributed by atoms with Crippen molar-refractivity contribution in [2.75, 3.05) is 47.5 Å². The minimum absolute atomic E-state index is 0.0310. The lowest BCUT2D eigenvalue weighted by atomic mass is 10.0. The summed E-state index contributed by atoms with van der Waals surface area (Å²) in [5.41, 5.74) is 0. The van der Waals surface area contributed by atoms with Crippen molar-refractivity contribution < 1.29 is 42.1 Å². The van der Waals surface area contributed by atoms with Gasteiger partial charge in [-0.25, -0.2) is 0 Å². The lowest BCUT2D eigenvalue weighted by Crippen LogP contribution is -2.37. The molecular weight excluding hydrogens is 858 g/mol. The number of carbonyl (C=O) groups is 2. The number of allylic oxidation sites excluding steroid dienone is 6. The van der Waals surface area contributed by atoms with E-state index in [1.807, 2.05) is 21.1 Å². The normalized spacial score (nSPS) is 13.6. The number of likely N-dealkylation sites (N-methyl/N-ethyl adjacent to an activating group) is 1. The van der Waals surface area contributed by atoms with E-state index in [9.17, 15) is 19.0 Å². The third kappa shape index (κ3) is 53.4. The molecule has 0 aliphatic rings. The van der Waals surface area contributed by atoms with Gasteiger partial charge in [0.25, 0.3) is 7.82 Å². The summed E-state index contributed by atoms with van der Waals surface area (Å²) in [5, 5.41) is 0. The summed E-state index contributed by atoms with van der Waals surface area (Å²) in [7, 11) is 1.17. The van der Waals surface area contributed by atoms with Gasteiger partial charge < -0.3 is 27.9 Å². The van der Waals surface area contributed by atoms with Crippen LogP contribution >= 0.6 is 7.82 Å². The molecule has 10 heteroatoms. The fourth-order valence-corrected chi connectivity index (χ4v) is 8.70. The third-order valence-electron chi connectivity index (χ3n) is 12.4. The fraction of sp³-hybridized carbons (Fsp3) is 0.860. The number of carbonyl (C=O) groups excluding carboxylic acids is 2. The maximum Gasteiger partial charge on any atom is 0.306 e.